The van der Waals surface area contributed by atoms with Crippen LogP contribution in [0.4, 0.5) is 5.69 Å². The van der Waals surface area contributed by atoms with Crippen LogP contribution in [0, 0.1) is 0 Å². The minimum absolute atomic E-state index is 0.0982. The Labute approximate surface area is 190 Å². The first-order chi connectivity index (χ1) is 15.6. The summed E-state index contributed by atoms with van der Waals surface area (Å²) in [6.07, 6.45) is 5.12. The van der Waals surface area contributed by atoms with E-state index in [4.69, 9.17) is 25.5 Å². The predicted octanol–water partition coefficient (Wildman–Crippen LogP) is 5.19. The van der Waals surface area contributed by atoms with Gasteiger partial charge in [0.25, 0.3) is 0 Å². The summed E-state index contributed by atoms with van der Waals surface area (Å²) in [7, 11) is 0. The van der Waals surface area contributed by atoms with E-state index in [9.17, 15) is 9.59 Å². The van der Waals surface area contributed by atoms with Crippen LogP contribution in [-0.4, -0.2) is 31.8 Å². The highest BCUT2D eigenvalue weighted by Crippen LogP contribution is 2.36. The quantitative estimate of drug-likeness (QED) is 0.460. The van der Waals surface area contributed by atoms with Gasteiger partial charge in [0, 0.05) is 30.8 Å². The van der Waals surface area contributed by atoms with Crippen LogP contribution >= 0.6 is 11.6 Å². The van der Waals surface area contributed by atoms with E-state index in [-0.39, 0.29) is 11.3 Å². The number of fused-ring (bicyclic) bond motifs is 1. The van der Waals surface area contributed by atoms with Crippen LogP contribution in [0.3, 0.4) is 0 Å². The number of carbonyl (C=O) groups excluding carboxylic acids is 1. The van der Waals surface area contributed by atoms with Crippen molar-refractivity contribution in [2.75, 3.05) is 24.7 Å². The van der Waals surface area contributed by atoms with Crippen LogP contribution in [0.2, 0.25) is 5.02 Å². The Hall–Kier alpha value is -2.83. The molecule has 0 spiro atoms. The molecule has 1 aliphatic carbocycles. The highest BCUT2D eigenvalue weighted by molar-refractivity contribution is 6.34. The Morgan fingerprint density at radius 1 is 1.06 bits per heavy atom. The molecule has 2 aromatic carbocycles. The van der Waals surface area contributed by atoms with E-state index in [1.165, 1.54) is 12.5 Å². The lowest BCUT2D eigenvalue weighted by atomic mass is 9.96. The second-order valence-corrected chi connectivity index (χ2v) is 8.60. The number of benzene rings is 2. The normalized spacial score (nSPS) is 16.5. The molecular formula is C25H24ClNO5. The fourth-order valence-corrected chi connectivity index (χ4v) is 4.32. The number of amides is 1. The van der Waals surface area contributed by atoms with Crippen LogP contribution in [0.25, 0.3) is 22.3 Å². The lowest BCUT2D eigenvalue weighted by molar-refractivity contribution is -0.117. The number of para-hydroxylation sites is 1. The van der Waals surface area contributed by atoms with Gasteiger partial charge in [-0.1, -0.05) is 17.7 Å². The van der Waals surface area contributed by atoms with E-state index in [1.807, 2.05) is 18.2 Å². The summed E-state index contributed by atoms with van der Waals surface area (Å²) < 4.78 is 17.9. The Morgan fingerprint density at radius 2 is 1.94 bits per heavy atom. The molecule has 1 aromatic heterocycles. The van der Waals surface area contributed by atoms with E-state index < -0.39 is 0 Å². The molecule has 1 aliphatic heterocycles. The van der Waals surface area contributed by atoms with E-state index in [0.29, 0.717) is 65.3 Å². The fraction of sp³-hybridized carbons (Fsp3) is 0.360. The van der Waals surface area contributed by atoms with Crippen LogP contribution in [-0.2, 0) is 9.53 Å². The molecule has 1 amide bonds. The Bertz CT molecular complexity index is 1220. The number of rotatable bonds is 7. The third kappa shape index (κ3) is 4.12. The predicted molar refractivity (Wildman–Crippen MR) is 124 cm³/mol. The average molecular weight is 454 g/mol. The molecule has 2 fully saturated rings. The zero-order valence-electron chi connectivity index (χ0n) is 17.6. The molecule has 5 rings (SSSR count). The summed E-state index contributed by atoms with van der Waals surface area (Å²) in [5.74, 6) is 1.000. The van der Waals surface area contributed by atoms with Crippen LogP contribution in [0.1, 0.15) is 32.1 Å². The summed E-state index contributed by atoms with van der Waals surface area (Å²) in [5.41, 5.74) is 1.56. The van der Waals surface area contributed by atoms with Crippen molar-refractivity contribution in [3.05, 3.63) is 57.7 Å². The second-order valence-electron chi connectivity index (χ2n) is 8.19. The molecule has 166 valence electrons. The van der Waals surface area contributed by atoms with Gasteiger partial charge < -0.3 is 18.8 Å². The second kappa shape index (κ2) is 8.96. The number of hydrogen-bond acceptors (Lipinski definition) is 5. The molecular weight excluding hydrogens is 430 g/mol. The van der Waals surface area contributed by atoms with Gasteiger partial charge in [-0.25, -0.2) is 0 Å². The van der Waals surface area contributed by atoms with Gasteiger partial charge in [-0.3, -0.25) is 9.59 Å². The van der Waals surface area contributed by atoms with E-state index in [1.54, 1.807) is 23.1 Å². The molecule has 1 saturated heterocycles. The molecule has 0 N–H and O–H groups in total. The number of nitrogens with zero attached hydrogens (tertiary/aromatic N) is 1. The van der Waals surface area contributed by atoms with Crippen LogP contribution in [0.15, 0.2) is 51.7 Å². The number of carbonyl (C=O) groups is 1. The summed E-state index contributed by atoms with van der Waals surface area (Å²) in [6, 6.07) is 12.1. The molecule has 6 nitrogen and oxygen atoms in total. The zero-order chi connectivity index (χ0) is 22.1. The van der Waals surface area contributed by atoms with Gasteiger partial charge >= 0.3 is 0 Å². The maximum absolute atomic E-state index is 12.7. The van der Waals surface area contributed by atoms with Gasteiger partial charge in [0.05, 0.1) is 28.7 Å². The zero-order valence-corrected chi connectivity index (χ0v) is 18.4. The maximum Gasteiger partial charge on any atom is 0.227 e. The van der Waals surface area contributed by atoms with E-state index in [2.05, 4.69) is 0 Å². The molecule has 7 heteroatoms. The molecule has 2 aliphatic rings. The molecule has 0 bridgehead atoms. The lowest BCUT2D eigenvalue weighted by Gasteiger charge is -2.25. The first-order valence-corrected chi connectivity index (χ1v) is 11.4. The molecule has 32 heavy (non-hydrogen) atoms. The summed E-state index contributed by atoms with van der Waals surface area (Å²) in [6.45, 7) is 1.52. The standard InChI is InChI=1S/C25H24ClNO5/c26-20-7-2-6-18-21(28)15-23(32-25(18)20)19-10-9-16(27-11-3-8-24(27)29)14-22(19)31-13-12-30-17-4-1-5-17/h2,6-7,9-10,14-15,17H,1,3-5,8,11-13H2. The van der Waals surface area contributed by atoms with Gasteiger partial charge in [0.2, 0.25) is 5.91 Å². The topological polar surface area (TPSA) is 69.0 Å². The van der Waals surface area contributed by atoms with Crippen LogP contribution in [0.5, 0.6) is 5.75 Å². The SMILES string of the molecule is O=C1CCCN1c1ccc(-c2cc(=O)c3cccc(Cl)c3o2)c(OCCOC2CCC2)c1. The average Bonchev–Trinajstić information content (AvgIpc) is 3.19. The minimum Gasteiger partial charge on any atom is -0.490 e. The van der Waals surface area contributed by atoms with Gasteiger partial charge in [-0.05, 0) is 49.9 Å². The van der Waals surface area contributed by atoms with Crippen molar-refractivity contribution < 1.29 is 18.7 Å². The van der Waals surface area contributed by atoms with Crippen molar-refractivity contribution in [1.29, 1.82) is 0 Å². The smallest absolute Gasteiger partial charge is 0.227 e. The van der Waals surface area contributed by atoms with Crippen LogP contribution < -0.4 is 15.1 Å². The van der Waals surface area contributed by atoms with E-state index >= 15 is 0 Å². The van der Waals surface area contributed by atoms with Gasteiger partial charge in [-0.15, -0.1) is 0 Å². The maximum atomic E-state index is 12.7. The first kappa shape index (κ1) is 21.0. The largest absolute Gasteiger partial charge is 0.490 e. The van der Waals surface area contributed by atoms with E-state index in [0.717, 1.165) is 24.9 Å². The number of hydrogen-bond donors (Lipinski definition) is 0. The molecule has 1 saturated carbocycles. The van der Waals surface area contributed by atoms with Crippen molar-refractivity contribution in [2.45, 2.75) is 38.2 Å². The molecule has 2 heterocycles. The lowest BCUT2D eigenvalue weighted by Crippen LogP contribution is -2.24. The molecule has 0 unspecified atom stereocenters. The minimum atomic E-state index is -0.179. The van der Waals surface area contributed by atoms with Gasteiger partial charge in [0.1, 0.15) is 18.1 Å². The van der Waals surface area contributed by atoms with Crippen molar-refractivity contribution >= 4 is 34.2 Å². The third-order valence-corrected chi connectivity index (χ3v) is 6.37. The van der Waals surface area contributed by atoms with Gasteiger partial charge in [-0.2, -0.15) is 0 Å². The Balaban J connectivity index is 1.49. The Kier molecular flexibility index (Phi) is 5.89. The summed E-state index contributed by atoms with van der Waals surface area (Å²) in [5, 5.41) is 0.800. The Morgan fingerprint density at radius 3 is 2.69 bits per heavy atom. The summed E-state index contributed by atoms with van der Waals surface area (Å²) >= 11 is 6.28. The third-order valence-electron chi connectivity index (χ3n) is 6.07. The fourth-order valence-electron chi connectivity index (χ4n) is 4.10. The highest BCUT2D eigenvalue weighted by atomic mass is 35.5. The number of halogens is 1. The van der Waals surface area contributed by atoms with Crippen molar-refractivity contribution in [3.63, 3.8) is 0 Å². The monoisotopic (exact) mass is 453 g/mol. The number of ether oxygens (including phenoxy) is 2. The highest BCUT2D eigenvalue weighted by Gasteiger charge is 2.24. The number of anilines is 1. The molecule has 0 atom stereocenters. The van der Waals surface area contributed by atoms with Gasteiger partial charge in [0.15, 0.2) is 11.0 Å². The summed E-state index contributed by atoms with van der Waals surface area (Å²) in [4.78, 5) is 26.7. The van der Waals surface area contributed by atoms with Crippen molar-refractivity contribution in [2.24, 2.45) is 0 Å². The van der Waals surface area contributed by atoms with Crippen molar-refractivity contribution in [1.82, 2.24) is 0 Å². The molecule has 0 radical (unpaired) electrons. The molecule has 3 aromatic rings. The van der Waals surface area contributed by atoms with Crippen molar-refractivity contribution in [3.8, 4) is 17.1 Å². The first-order valence-electron chi connectivity index (χ1n) is 11.0.